The van der Waals surface area contributed by atoms with Gasteiger partial charge in [0, 0.05) is 45.3 Å². The van der Waals surface area contributed by atoms with Crippen molar-refractivity contribution in [1.82, 2.24) is 9.80 Å². The monoisotopic (exact) mass is 466 g/mol. The Hall–Kier alpha value is -0.540. The Morgan fingerprint density at radius 1 is 1.52 bits per heavy atom. The topological polar surface area (TPSA) is 53.0 Å². The normalized spacial score (nSPS) is 22.0. The molecule has 1 saturated heterocycles. The van der Waals surface area contributed by atoms with E-state index in [4.69, 9.17) is 9.84 Å². The molecule has 0 bridgehead atoms. The minimum Gasteiger partial charge on any atom is -0.491 e. The maximum Gasteiger partial charge on any atom is 0.407 e. The first kappa shape index (κ1) is 15.4. The SMILES string of the molecule is Cc1c(Br)c(I)cc2c1OC[C@H]1CN(C(=O)O)CCN1C2. The minimum absolute atomic E-state index is 0.123. The van der Waals surface area contributed by atoms with Gasteiger partial charge < -0.3 is 14.7 Å². The van der Waals surface area contributed by atoms with Crippen molar-refractivity contribution in [2.75, 3.05) is 26.2 Å². The molecule has 1 amide bonds. The Labute approximate surface area is 145 Å². The molecule has 2 aliphatic heterocycles. The number of carboxylic acid groups (broad SMARTS) is 1. The molecular weight excluding hydrogens is 451 g/mol. The first-order chi connectivity index (χ1) is 9.97. The van der Waals surface area contributed by atoms with Gasteiger partial charge in [0.25, 0.3) is 0 Å². The summed E-state index contributed by atoms with van der Waals surface area (Å²) in [5, 5.41) is 9.15. The fourth-order valence-electron chi connectivity index (χ4n) is 2.95. The summed E-state index contributed by atoms with van der Waals surface area (Å²) >= 11 is 5.92. The lowest BCUT2D eigenvalue weighted by Crippen LogP contribution is -2.55. The Morgan fingerprint density at radius 2 is 2.29 bits per heavy atom. The number of hydrogen-bond acceptors (Lipinski definition) is 3. The predicted octanol–water partition coefficient (Wildman–Crippen LogP) is 2.92. The van der Waals surface area contributed by atoms with E-state index in [1.807, 2.05) is 0 Å². The molecule has 1 aromatic rings. The lowest BCUT2D eigenvalue weighted by atomic mass is 10.1. The maximum atomic E-state index is 11.1. The van der Waals surface area contributed by atoms with E-state index in [-0.39, 0.29) is 6.04 Å². The van der Waals surface area contributed by atoms with Crippen LogP contribution in [0.3, 0.4) is 0 Å². The van der Waals surface area contributed by atoms with Crippen molar-refractivity contribution in [3.63, 3.8) is 0 Å². The molecule has 5 nitrogen and oxygen atoms in total. The van der Waals surface area contributed by atoms with Gasteiger partial charge in [-0.05, 0) is 51.5 Å². The van der Waals surface area contributed by atoms with Gasteiger partial charge in [-0.3, -0.25) is 4.90 Å². The Morgan fingerprint density at radius 3 is 3.00 bits per heavy atom. The number of ether oxygens (including phenoxy) is 1. The molecule has 21 heavy (non-hydrogen) atoms. The molecular formula is C14H16BrIN2O3. The van der Waals surface area contributed by atoms with Gasteiger partial charge in [0.2, 0.25) is 0 Å². The molecule has 0 saturated carbocycles. The van der Waals surface area contributed by atoms with Gasteiger partial charge in [0.15, 0.2) is 0 Å². The number of nitrogens with zero attached hydrogens (tertiary/aromatic N) is 2. The second kappa shape index (κ2) is 5.92. The van der Waals surface area contributed by atoms with Crippen molar-refractivity contribution >= 4 is 44.6 Å². The van der Waals surface area contributed by atoms with Crippen molar-refractivity contribution in [1.29, 1.82) is 0 Å². The van der Waals surface area contributed by atoms with Crippen LogP contribution in [-0.2, 0) is 6.54 Å². The second-order valence-corrected chi connectivity index (χ2v) is 7.40. The smallest absolute Gasteiger partial charge is 0.407 e. The van der Waals surface area contributed by atoms with Crippen LogP contribution in [0.15, 0.2) is 10.5 Å². The first-order valence-corrected chi connectivity index (χ1v) is 8.66. The van der Waals surface area contributed by atoms with Gasteiger partial charge in [0.05, 0.1) is 6.04 Å². The quantitative estimate of drug-likeness (QED) is 0.597. The fraction of sp³-hybridized carbons (Fsp3) is 0.500. The molecule has 1 fully saturated rings. The van der Waals surface area contributed by atoms with E-state index in [1.165, 1.54) is 14.0 Å². The summed E-state index contributed by atoms with van der Waals surface area (Å²) in [6.07, 6.45) is -0.843. The molecule has 0 radical (unpaired) electrons. The highest BCUT2D eigenvalue weighted by molar-refractivity contribution is 14.1. The third-order valence-corrected chi connectivity index (χ3v) is 6.75. The largest absolute Gasteiger partial charge is 0.491 e. The molecule has 0 aliphatic carbocycles. The van der Waals surface area contributed by atoms with Gasteiger partial charge in [-0.2, -0.15) is 0 Å². The van der Waals surface area contributed by atoms with Crippen LogP contribution in [-0.4, -0.2) is 53.3 Å². The Bertz CT molecular complexity index is 596. The van der Waals surface area contributed by atoms with Crippen molar-refractivity contribution < 1.29 is 14.6 Å². The van der Waals surface area contributed by atoms with E-state index >= 15 is 0 Å². The van der Waals surface area contributed by atoms with Gasteiger partial charge in [-0.15, -0.1) is 0 Å². The first-order valence-electron chi connectivity index (χ1n) is 6.79. The average molecular weight is 467 g/mol. The summed E-state index contributed by atoms with van der Waals surface area (Å²) in [6, 6.07) is 2.27. The van der Waals surface area contributed by atoms with Crippen LogP contribution < -0.4 is 4.74 Å². The van der Waals surface area contributed by atoms with Crippen LogP contribution >= 0.6 is 38.5 Å². The standard InChI is InChI=1S/C14H16BrIN2O3/c1-8-12(15)11(16)4-9-5-17-2-3-18(14(19)20)6-10(17)7-21-13(8)9/h4,10H,2-3,5-7H2,1H3,(H,19,20)/t10-/m1/s1. The number of halogens is 2. The lowest BCUT2D eigenvalue weighted by molar-refractivity contribution is 0.0502. The summed E-state index contributed by atoms with van der Waals surface area (Å²) in [7, 11) is 0. The average Bonchev–Trinajstić information content (AvgIpc) is 2.63. The molecule has 0 aromatic heterocycles. The van der Waals surface area contributed by atoms with E-state index < -0.39 is 6.09 Å². The van der Waals surface area contributed by atoms with Crippen LogP contribution in [0.4, 0.5) is 4.79 Å². The second-order valence-electron chi connectivity index (χ2n) is 5.45. The maximum absolute atomic E-state index is 11.1. The van der Waals surface area contributed by atoms with E-state index in [2.05, 4.69) is 56.4 Å². The summed E-state index contributed by atoms with van der Waals surface area (Å²) in [4.78, 5) is 14.9. The molecule has 2 heterocycles. The minimum atomic E-state index is -0.843. The fourth-order valence-corrected chi connectivity index (χ4v) is 4.03. The van der Waals surface area contributed by atoms with Crippen LogP contribution in [0.1, 0.15) is 11.1 Å². The number of piperazine rings is 1. The van der Waals surface area contributed by atoms with Crippen molar-refractivity contribution in [2.45, 2.75) is 19.5 Å². The van der Waals surface area contributed by atoms with Crippen LogP contribution in [0.25, 0.3) is 0 Å². The van der Waals surface area contributed by atoms with Crippen molar-refractivity contribution in [3.05, 3.63) is 25.2 Å². The number of amides is 1. The number of benzene rings is 1. The van der Waals surface area contributed by atoms with E-state index in [0.29, 0.717) is 19.7 Å². The number of rotatable bonds is 0. The van der Waals surface area contributed by atoms with Crippen molar-refractivity contribution in [3.8, 4) is 5.75 Å². The molecule has 2 aliphatic rings. The zero-order valence-electron chi connectivity index (χ0n) is 11.6. The number of fused-ring (bicyclic) bond motifs is 2. The number of carbonyl (C=O) groups is 1. The highest BCUT2D eigenvalue weighted by Gasteiger charge is 2.33. The molecule has 1 aromatic carbocycles. The highest BCUT2D eigenvalue weighted by atomic mass is 127. The molecule has 3 rings (SSSR count). The zero-order chi connectivity index (χ0) is 15.1. The van der Waals surface area contributed by atoms with Gasteiger partial charge in [0.1, 0.15) is 12.4 Å². The summed E-state index contributed by atoms with van der Waals surface area (Å²) in [5.41, 5.74) is 2.30. The van der Waals surface area contributed by atoms with E-state index in [0.717, 1.165) is 28.9 Å². The molecule has 114 valence electrons. The van der Waals surface area contributed by atoms with Gasteiger partial charge in [-0.25, -0.2) is 4.79 Å². The molecule has 0 unspecified atom stereocenters. The lowest BCUT2D eigenvalue weighted by Gasteiger charge is -2.38. The van der Waals surface area contributed by atoms with E-state index in [9.17, 15) is 4.79 Å². The molecule has 7 heteroatoms. The predicted molar refractivity (Wildman–Crippen MR) is 90.9 cm³/mol. The Kier molecular flexibility index (Phi) is 4.33. The van der Waals surface area contributed by atoms with Crippen LogP contribution in [0.2, 0.25) is 0 Å². The van der Waals surface area contributed by atoms with Gasteiger partial charge >= 0.3 is 6.09 Å². The zero-order valence-corrected chi connectivity index (χ0v) is 15.3. The highest BCUT2D eigenvalue weighted by Crippen LogP contribution is 2.37. The molecule has 0 spiro atoms. The Balaban J connectivity index is 1.88. The van der Waals surface area contributed by atoms with Crippen molar-refractivity contribution in [2.24, 2.45) is 0 Å². The third-order valence-electron chi connectivity index (χ3n) is 4.14. The molecule has 1 N–H and O–H groups in total. The summed E-state index contributed by atoms with van der Waals surface area (Å²) in [6.45, 7) is 5.24. The van der Waals surface area contributed by atoms with Crippen LogP contribution in [0.5, 0.6) is 5.75 Å². The van der Waals surface area contributed by atoms with Crippen LogP contribution in [0, 0.1) is 10.5 Å². The van der Waals surface area contributed by atoms with Gasteiger partial charge in [-0.1, -0.05) is 0 Å². The molecule has 1 atom stereocenters. The summed E-state index contributed by atoms with van der Waals surface area (Å²) in [5.74, 6) is 0.943. The third kappa shape index (κ3) is 2.87. The number of hydrogen-bond donors (Lipinski definition) is 1. The summed E-state index contributed by atoms with van der Waals surface area (Å²) < 4.78 is 8.27. The van der Waals surface area contributed by atoms with E-state index in [1.54, 1.807) is 0 Å².